The summed E-state index contributed by atoms with van der Waals surface area (Å²) in [4.78, 5) is 14.0. The van der Waals surface area contributed by atoms with Crippen LogP contribution in [0.5, 0.6) is 23.0 Å². The van der Waals surface area contributed by atoms with Gasteiger partial charge >= 0.3 is 0 Å². The van der Waals surface area contributed by atoms with Crippen LogP contribution in [0.15, 0.2) is 39.5 Å². The molecule has 19 nitrogen and oxygen atoms in total. The molecule has 3 aromatic rings. The summed E-state index contributed by atoms with van der Waals surface area (Å²) in [7, 11) is 0. The Morgan fingerprint density at radius 3 is 1.96 bits per heavy atom. The second-order valence-corrected chi connectivity index (χ2v) is 13.1. The number of phenolic OH excluding ortho intramolecular Hbond substituents is 4. The van der Waals surface area contributed by atoms with Gasteiger partial charge in [0.1, 0.15) is 95.4 Å². The first-order valence-corrected chi connectivity index (χ1v) is 16.2. The van der Waals surface area contributed by atoms with Gasteiger partial charge in [0.15, 0.2) is 24.1 Å². The molecule has 3 aliphatic heterocycles. The number of aromatic hydroxyl groups is 4. The highest BCUT2D eigenvalue weighted by Gasteiger charge is 2.51. The predicted molar refractivity (Wildman–Crippen MR) is 170 cm³/mol. The van der Waals surface area contributed by atoms with E-state index in [9.17, 15) is 66.1 Å². The van der Waals surface area contributed by atoms with E-state index in [0.717, 1.165) is 24.3 Å². The highest BCUT2D eigenvalue weighted by molar-refractivity contribution is 5.87. The number of benzene rings is 2. The Morgan fingerprint density at radius 1 is 0.654 bits per heavy atom. The van der Waals surface area contributed by atoms with Crippen molar-refractivity contribution < 1.29 is 89.4 Å². The van der Waals surface area contributed by atoms with Gasteiger partial charge in [0.25, 0.3) is 0 Å². The van der Waals surface area contributed by atoms with Gasteiger partial charge in [0.2, 0.25) is 5.43 Å². The van der Waals surface area contributed by atoms with Crippen LogP contribution in [0.3, 0.4) is 0 Å². The van der Waals surface area contributed by atoms with Crippen LogP contribution in [-0.4, -0.2) is 154 Å². The Bertz CT molecular complexity index is 1820. The molecule has 12 N–H and O–H groups in total. The van der Waals surface area contributed by atoms with E-state index in [0.29, 0.717) is 0 Å². The Labute approximate surface area is 293 Å². The third-order valence-electron chi connectivity index (χ3n) is 9.54. The van der Waals surface area contributed by atoms with Crippen LogP contribution in [0.4, 0.5) is 0 Å². The van der Waals surface area contributed by atoms with Crippen molar-refractivity contribution in [1.82, 2.24) is 0 Å². The zero-order chi connectivity index (χ0) is 37.9. The standard InChI is InChI=1S/C33H40O19/c1-9-20(38)24(42)28(46)32(48-9)52-31-26(44)21(39)10(2)49-33(31)47-8-17-22(40)25(43)27(45)30(51-17)19-23(41)18-15(37)6-12(34)7-16(18)50-29(19)11-3-4-13(35)14(36)5-11/h3-7,9-10,17,20-22,24-28,30-40,42-46H,8H2,1-2H3/t9-,10-,17+,20-,21-,22+,24+,25-,26+,27+,28+,30-,31+,32-,33+/m0/s1. The second kappa shape index (κ2) is 14.6. The first-order valence-electron chi connectivity index (χ1n) is 16.2. The lowest BCUT2D eigenvalue weighted by molar-refractivity contribution is -0.365. The quantitative estimate of drug-likeness (QED) is 0.111. The van der Waals surface area contributed by atoms with Crippen LogP contribution in [0, 0.1) is 0 Å². The number of hydrogen-bond donors (Lipinski definition) is 12. The van der Waals surface area contributed by atoms with E-state index in [4.69, 9.17) is 28.1 Å². The zero-order valence-electron chi connectivity index (χ0n) is 27.5. The summed E-state index contributed by atoms with van der Waals surface area (Å²) in [6.45, 7) is 2.08. The first kappa shape index (κ1) is 38.1. The van der Waals surface area contributed by atoms with E-state index >= 15 is 0 Å². The zero-order valence-corrected chi connectivity index (χ0v) is 27.5. The summed E-state index contributed by atoms with van der Waals surface area (Å²) in [5, 5.41) is 126. The van der Waals surface area contributed by atoms with Crippen LogP contribution in [-0.2, 0) is 23.7 Å². The van der Waals surface area contributed by atoms with Crippen LogP contribution in [0.25, 0.3) is 22.3 Å². The lowest BCUT2D eigenvalue weighted by atomic mass is 9.89. The van der Waals surface area contributed by atoms with Crippen molar-refractivity contribution in [3.8, 4) is 34.3 Å². The summed E-state index contributed by atoms with van der Waals surface area (Å²) in [6.07, 6.45) is -24.6. The monoisotopic (exact) mass is 740 g/mol. The van der Waals surface area contributed by atoms with Gasteiger partial charge in [-0.3, -0.25) is 4.79 Å². The van der Waals surface area contributed by atoms with E-state index in [1.165, 1.54) is 19.9 Å². The van der Waals surface area contributed by atoms with Crippen LogP contribution >= 0.6 is 0 Å². The summed E-state index contributed by atoms with van der Waals surface area (Å²) >= 11 is 0. The number of aliphatic hydroxyl groups excluding tert-OH is 8. The molecular formula is C33H40O19. The Hall–Kier alpha value is -3.67. The van der Waals surface area contributed by atoms with Gasteiger partial charge in [-0.1, -0.05) is 0 Å². The number of ether oxygens (including phenoxy) is 5. The molecule has 3 saturated heterocycles. The summed E-state index contributed by atoms with van der Waals surface area (Å²) < 4.78 is 34.5. The van der Waals surface area contributed by atoms with Crippen molar-refractivity contribution in [3.05, 3.63) is 46.1 Å². The average molecular weight is 741 g/mol. The lowest BCUT2D eigenvalue weighted by Crippen LogP contribution is -2.63. The molecule has 15 atom stereocenters. The van der Waals surface area contributed by atoms with Crippen LogP contribution < -0.4 is 5.43 Å². The Kier molecular flexibility index (Phi) is 10.7. The maximum atomic E-state index is 14.0. The average Bonchev–Trinajstić information content (AvgIpc) is 3.09. The van der Waals surface area contributed by atoms with Crippen molar-refractivity contribution in [2.45, 2.75) is 106 Å². The van der Waals surface area contributed by atoms with Crippen molar-refractivity contribution in [2.24, 2.45) is 0 Å². The molecule has 52 heavy (non-hydrogen) atoms. The second-order valence-electron chi connectivity index (χ2n) is 13.1. The number of hydrogen-bond acceptors (Lipinski definition) is 19. The first-order chi connectivity index (χ1) is 24.5. The van der Waals surface area contributed by atoms with Gasteiger partial charge in [0, 0.05) is 17.7 Å². The number of phenols is 4. The molecule has 1 aromatic heterocycles. The fourth-order valence-corrected chi connectivity index (χ4v) is 6.51. The fraction of sp³-hybridized carbons (Fsp3) is 0.545. The molecule has 0 radical (unpaired) electrons. The summed E-state index contributed by atoms with van der Waals surface area (Å²) in [5.74, 6) is -2.73. The molecule has 0 unspecified atom stereocenters. The molecular weight excluding hydrogens is 700 g/mol. The molecule has 0 spiro atoms. The van der Waals surface area contributed by atoms with Gasteiger partial charge in [-0.05, 0) is 32.0 Å². The molecule has 3 fully saturated rings. The number of rotatable bonds is 7. The van der Waals surface area contributed by atoms with E-state index in [2.05, 4.69) is 0 Å². The number of fused-ring (bicyclic) bond motifs is 1. The number of aliphatic hydroxyl groups is 8. The Morgan fingerprint density at radius 2 is 1.29 bits per heavy atom. The van der Waals surface area contributed by atoms with Gasteiger partial charge in [0.05, 0.1) is 24.4 Å². The maximum Gasteiger partial charge on any atom is 0.203 e. The van der Waals surface area contributed by atoms with E-state index in [-0.39, 0.29) is 16.9 Å². The van der Waals surface area contributed by atoms with Crippen molar-refractivity contribution in [3.63, 3.8) is 0 Å². The minimum atomic E-state index is -2.02. The smallest absolute Gasteiger partial charge is 0.203 e. The van der Waals surface area contributed by atoms with Crippen molar-refractivity contribution >= 4 is 11.0 Å². The van der Waals surface area contributed by atoms with Gasteiger partial charge < -0.3 is 89.4 Å². The van der Waals surface area contributed by atoms with Crippen LogP contribution in [0.2, 0.25) is 0 Å². The molecule has 0 saturated carbocycles. The topological polar surface area (TPSA) is 319 Å². The minimum absolute atomic E-state index is 0.0486. The molecule has 6 rings (SSSR count). The SMILES string of the molecule is C[C@@H]1O[C@@H](O[C@H]2[C@H](OC[C@H]3O[C@@H](c4c(-c5ccc(O)c(O)c5)oc5cc(O)cc(O)c5c4=O)[C@H](O)[C@@H](O)[C@@H]3O)O[C@@H](C)[C@H](O)[C@H]2O)[C@H](O)[C@H](O)[C@H]1O. The van der Waals surface area contributed by atoms with Crippen LogP contribution in [0.1, 0.15) is 25.5 Å². The summed E-state index contributed by atoms with van der Waals surface area (Å²) in [6, 6.07) is 5.20. The maximum absolute atomic E-state index is 14.0. The highest BCUT2D eigenvalue weighted by Crippen LogP contribution is 2.41. The third kappa shape index (κ3) is 6.80. The minimum Gasteiger partial charge on any atom is -0.508 e. The largest absolute Gasteiger partial charge is 0.508 e. The third-order valence-corrected chi connectivity index (χ3v) is 9.54. The molecule has 0 amide bonds. The van der Waals surface area contributed by atoms with Gasteiger partial charge in [-0.2, -0.15) is 0 Å². The normalized spacial score (nSPS) is 38.4. The lowest BCUT2D eigenvalue weighted by Gasteiger charge is -2.46. The van der Waals surface area contributed by atoms with Gasteiger partial charge in [-0.15, -0.1) is 0 Å². The molecule has 286 valence electrons. The van der Waals surface area contributed by atoms with Gasteiger partial charge in [-0.25, -0.2) is 0 Å². The fourth-order valence-electron chi connectivity index (χ4n) is 6.51. The molecule has 2 aromatic carbocycles. The predicted octanol–water partition coefficient (Wildman–Crippen LogP) is -2.50. The van der Waals surface area contributed by atoms with E-state index in [1.54, 1.807) is 0 Å². The van der Waals surface area contributed by atoms with Crippen molar-refractivity contribution in [1.29, 1.82) is 0 Å². The van der Waals surface area contributed by atoms with E-state index < -0.39 is 138 Å². The van der Waals surface area contributed by atoms with E-state index in [1.807, 2.05) is 0 Å². The molecule has 0 bridgehead atoms. The Balaban J connectivity index is 1.33. The molecule has 19 heteroatoms. The molecule has 4 heterocycles. The molecule has 0 aliphatic carbocycles. The highest BCUT2D eigenvalue weighted by atomic mass is 16.8. The van der Waals surface area contributed by atoms with Crippen molar-refractivity contribution in [2.75, 3.05) is 6.61 Å². The summed E-state index contributed by atoms with van der Waals surface area (Å²) in [5.41, 5.74) is -1.88. The molecule has 3 aliphatic rings.